The van der Waals surface area contributed by atoms with Gasteiger partial charge in [-0.1, -0.05) is 24.8 Å². The van der Waals surface area contributed by atoms with Crippen molar-refractivity contribution in [3.8, 4) is 5.75 Å². The molecular weight excluding hydrogens is 286 g/mol. The van der Waals surface area contributed by atoms with Gasteiger partial charge < -0.3 is 15.2 Å². The van der Waals surface area contributed by atoms with Crippen LogP contribution in [0.15, 0.2) is 36.9 Å². The topological polar surface area (TPSA) is 41.5 Å². The van der Waals surface area contributed by atoms with E-state index in [2.05, 4.69) is 24.0 Å². The maximum absolute atomic E-state index is 10.8. The van der Waals surface area contributed by atoms with Crippen molar-refractivity contribution < 1.29 is 9.84 Å². The molecule has 2 N–H and O–H groups in total. The van der Waals surface area contributed by atoms with Gasteiger partial charge in [-0.2, -0.15) is 0 Å². The van der Waals surface area contributed by atoms with Crippen molar-refractivity contribution >= 4 is 0 Å². The summed E-state index contributed by atoms with van der Waals surface area (Å²) in [6, 6.07) is 8.29. The number of aliphatic hydroxyl groups is 1. The van der Waals surface area contributed by atoms with Gasteiger partial charge in [-0.25, -0.2) is 0 Å². The first-order chi connectivity index (χ1) is 11.1. The molecule has 4 bridgehead atoms. The Labute approximate surface area is 138 Å². The third-order valence-electron chi connectivity index (χ3n) is 5.99. The highest BCUT2D eigenvalue weighted by molar-refractivity contribution is 5.27. The number of nitrogens with one attached hydrogen (secondary N) is 1. The molecule has 4 fully saturated rings. The fourth-order valence-corrected chi connectivity index (χ4v) is 5.57. The highest BCUT2D eigenvalue weighted by Crippen LogP contribution is 2.57. The molecule has 1 aromatic carbocycles. The molecule has 0 spiro atoms. The number of benzene rings is 1. The van der Waals surface area contributed by atoms with Gasteiger partial charge in [0.25, 0.3) is 0 Å². The van der Waals surface area contributed by atoms with Crippen LogP contribution in [0.5, 0.6) is 5.75 Å². The first-order valence-corrected chi connectivity index (χ1v) is 8.88. The van der Waals surface area contributed by atoms with Gasteiger partial charge in [0.05, 0.1) is 5.60 Å². The second kappa shape index (κ2) is 5.64. The molecule has 0 aromatic heterocycles. The molecule has 3 nitrogen and oxygen atoms in total. The molecule has 2 unspecified atom stereocenters. The highest BCUT2D eigenvalue weighted by Gasteiger charge is 2.56. The SMILES string of the molecule is C=CCOc1ccc(CNC23CC4CC(CC(O)(C4)C2)C3)cc1. The van der Waals surface area contributed by atoms with E-state index in [0.717, 1.165) is 43.4 Å². The van der Waals surface area contributed by atoms with Gasteiger partial charge in [0.2, 0.25) is 0 Å². The molecule has 5 rings (SSSR count). The Bertz CT molecular complexity index is 566. The van der Waals surface area contributed by atoms with Crippen LogP contribution in [0.2, 0.25) is 0 Å². The summed E-state index contributed by atoms with van der Waals surface area (Å²) < 4.78 is 5.53. The van der Waals surface area contributed by atoms with E-state index in [1.807, 2.05) is 12.1 Å². The third kappa shape index (κ3) is 3.05. The molecule has 4 aliphatic carbocycles. The van der Waals surface area contributed by atoms with Crippen LogP contribution < -0.4 is 10.1 Å². The Morgan fingerprint density at radius 1 is 1.17 bits per heavy atom. The molecule has 3 heteroatoms. The monoisotopic (exact) mass is 313 g/mol. The van der Waals surface area contributed by atoms with Crippen molar-refractivity contribution in [1.82, 2.24) is 5.32 Å². The maximum Gasteiger partial charge on any atom is 0.119 e. The lowest BCUT2D eigenvalue weighted by molar-refractivity contribution is -0.142. The molecule has 2 atom stereocenters. The van der Waals surface area contributed by atoms with E-state index in [9.17, 15) is 5.11 Å². The summed E-state index contributed by atoms with van der Waals surface area (Å²) >= 11 is 0. The first-order valence-electron chi connectivity index (χ1n) is 8.88. The summed E-state index contributed by atoms with van der Waals surface area (Å²) in [5.41, 5.74) is 1.05. The Morgan fingerprint density at radius 3 is 2.48 bits per heavy atom. The van der Waals surface area contributed by atoms with Crippen molar-refractivity contribution in [3.05, 3.63) is 42.5 Å². The zero-order valence-corrected chi connectivity index (χ0v) is 13.8. The van der Waals surface area contributed by atoms with E-state index >= 15 is 0 Å². The molecule has 0 heterocycles. The molecule has 0 radical (unpaired) electrons. The van der Waals surface area contributed by atoms with Crippen LogP contribution in [0.4, 0.5) is 0 Å². The lowest BCUT2D eigenvalue weighted by Crippen LogP contribution is -2.64. The number of ether oxygens (including phenoxy) is 1. The van der Waals surface area contributed by atoms with Crippen molar-refractivity contribution in [2.75, 3.05) is 6.61 Å². The summed E-state index contributed by atoms with van der Waals surface area (Å²) in [7, 11) is 0. The van der Waals surface area contributed by atoms with E-state index < -0.39 is 0 Å². The van der Waals surface area contributed by atoms with Gasteiger partial charge >= 0.3 is 0 Å². The number of hydrogen-bond donors (Lipinski definition) is 2. The molecule has 0 aliphatic heterocycles. The van der Waals surface area contributed by atoms with E-state index in [4.69, 9.17) is 4.74 Å². The standard InChI is InChI=1S/C20H27NO2/c1-2-7-23-18-5-3-15(4-6-18)13-21-19-9-16-8-17(10-19)12-20(22,11-16)14-19/h2-6,16-17,21-22H,1,7-14H2. The Balaban J connectivity index is 1.40. The van der Waals surface area contributed by atoms with Crippen LogP contribution in [-0.2, 0) is 6.54 Å². The molecular formula is C20H27NO2. The zero-order chi connectivity index (χ0) is 15.9. The fourth-order valence-electron chi connectivity index (χ4n) is 5.57. The minimum atomic E-state index is -0.389. The van der Waals surface area contributed by atoms with Crippen LogP contribution in [0.25, 0.3) is 0 Å². The van der Waals surface area contributed by atoms with Crippen LogP contribution in [-0.4, -0.2) is 22.9 Å². The number of hydrogen-bond acceptors (Lipinski definition) is 3. The summed E-state index contributed by atoms with van der Waals surface area (Å²) in [6.07, 6.45) is 8.57. The summed E-state index contributed by atoms with van der Waals surface area (Å²) in [5, 5.41) is 14.6. The van der Waals surface area contributed by atoms with Gasteiger partial charge in [-0.05, 0) is 68.1 Å². The van der Waals surface area contributed by atoms with Gasteiger partial charge in [0.1, 0.15) is 12.4 Å². The smallest absolute Gasteiger partial charge is 0.119 e. The largest absolute Gasteiger partial charge is 0.490 e. The minimum Gasteiger partial charge on any atom is -0.490 e. The summed E-state index contributed by atoms with van der Waals surface area (Å²) in [5.74, 6) is 2.34. The Morgan fingerprint density at radius 2 is 1.87 bits per heavy atom. The van der Waals surface area contributed by atoms with Crippen molar-refractivity contribution in [3.63, 3.8) is 0 Å². The van der Waals surface area contributed by atoms with Crippen LogP contribution in [0.1, 0.15) is 44.1 Å². The van der Waals surface area contributed by atoms with Gasteiger partial charge in [0.15, 0.2) is 0 Å². The summed E-state index contributed by atoms with van der Waals surface area (Å²) in [4.78, 5) is 0. The lowest BCUT2D eigenvalue weighted by atomic mass is 9.51. The van der Waals surface area contributed by atoms with Crippen LogP contribution >= 0.6 is 0 Å². The third-order valence-corrected chi connectivity index (χ3v) is 5.99. The average Bonchev–Trinajstić information content (AvgIpc) is 2.50. The van der Waals surface area contributed by atoms with Crippen LogP contribution in [0.3, 0.4) is 0 Å². The average molecular weight is 313 g/mol. The van der Waals surface area contributed by atoms with Crippen LogP contribution in [0, 0.1) is 11.8 Å². The first kappa shape index (κ1) is 15.2. The van der Waals surface area contributed by atoms with Crippen molar-refractivity contribution in [2.24, 2.45) is 11.8 Å². The van der Waals surface area contributed by atoms with Gasteiger partial charge in [-0.3, -0.25) is 0 Å². The zero-order valence-electron chi connectivity index (χ0n) is 13.8. The fraction of sp³-hybridized carbons (Fsp3) is 0.600. The Kier molecular flexibility index (Phi) is 3.73. The van der Waals surface area contributed by atoms with E-state index in [0.29, 0.717) is 6.61 Å². The lowest BCUT2D eigenvalue weighted by Gasteiger charge is -2.60. The molecule has 23 heavy (non-hydrogen) atoms. The Hall–Kier alpha value is -1.32. The summed E-state index contributed by atoms with van der Waals surface area (Å²) in [6.45, 7) is 5.08. The van der Waals surface area contributed by atoms with Crippen molar-refractivity contribution in [1.29, 1.82) is 0 Å². The maximum atomic E-state index is 10.8. The van der Waals surface area contributed by atoms with E-state index in [1.54, 1.807) is 6.08 Å². The molecule has 124 valence electrons. The molecule has 4 saturated carbocycles. The molecule has 0 saturated heterocycles. The molecule has 0 amide bonds. The normalized spacial score (nSPS) is 37.8. The van der Waals surface area contributed by atoms with Gasteiger partial charge in [-0.15, -0.1) is 0 Å². The van der Waals surface area contributed by atoms with Gasteiger partial charge in [0, 0.05) is 12.1 Å². The van der Waals surface area contributed by atoms with E-state index in [-0.39, 0.29) is 11.1 Å². The highest BCUT2D eigenvalue weighted by atomic mass is 16.5. The van der Waals surface area contributed by atoms with Crippen molar-refractivity contribution in [2.45, 2.75) is 56.2 Å². The molecule has 1 aromatic rings. The second-order valence-electron chi connectivity index (χ2n) is 8.06. The second-order valence-corrected chi connectivity index (χ2v) is 8.06. The molecule has 4 aliphatic rings. The number of rotatable bonds is 6. The van der Waals surface area contributed by atoms with E-state index in [1.165, 1.54) is 24.8 Å². The minimum absolute atomic E-state index is 0.164. The quantitative estimate of drug-likeness (QED) is 0.791. The predicted molar refractivity (Wildman–Crippen MR) is 91.3 cm³/mol. The predicted octanol–water partition coefficient (Wildman–Crippen LogP) is 3.42.